The maximum absolute atomic E-state index is 12.2. The summed E-state index contributed by atoms with van der Waals surface area (Å²) < 4.78 is 5.21. The van der Waals surface area contributed by atoms with Gasteiger partial charge in [0, 0.05) is 12.1 Å². The second kappa shape index (κ2) is 8.88. The summed E-state index contributed by atoms with van der Waals surface area (Å²) in [4.78, 5) is 32.4. The third-order valence-electron chi connectivity index (χ3n) is 4.18. The van der Waals surface area contributed by atoms with E-state index in [-0.39, 0.29) is 24.0 Å². The summed E-state index contributed by atoms with van der Waals surface area (Å²) in [6.45, 7) is 4.13. The monoisotopic (exact) mass is 372 g/mol. The van der Waals surface area contributed by atoms with Crippen molar-refractivity contribution in [1.82, 2.24) is 0 Å². The summed E-state index contributed by atoms with van der Waals surface area (Å²) in [5, 5.41) is 21.8. The van der Waals surface area contributed by atoms with Crippen LogP contribution < -0.4 is 0 Å². The number of nitro benzene ring substituents is 2. The standard InChI is InChI=1S/C19H20N2O6/c1-13(8-14(2)15-6-4-3-5-7-15)12-27-19(22)16-9-17(20(23)24)11-18(10-16)21(25)26/h3-7,9-11,13-14H,8,12H2,1-2H3/t13-,14-/m0/s1. The molecule has 0 aliphatic heterocycles. The molecule has 0 saturated carbocycles. The molecule has 0 N–H and O–H groups in total. The molecule has 2 aromatic rings. The molecule has 142 valence electrons. The Morgan fingerprint density at radius 1 is 1.00 bits per heavy atom. The number of ether oxygens (including phenoxy) is 1. The number of carbonyl (C=O) groups is 1. The fourth-order valence-electron chi connectivity index (χ4n) is 2.81. The Labute approximate surface area is 156 Å². The number of non-ortho nitro benzene ring substituents is 2. The molecule has 0 unspecified atom stereocenters. The summed E-state index contributed by atoms with van der Waals surface area (Å²) in [7, 11) is 0. The van der Waals surface area contributed by atoms with Crippen LogP contribution in [-0.2, 0) is 4.74 Å². The van der Waals surface area contributed by atoms with Gasteiger partial charge in [-0.15, -0.1) is 0 Å². The van der Waals surface area contributed by atoms with Crippen molar-refractivity contribution in [3.8, 4) is 0 Å². The molecule has 0 radical (unpaired) electrons. The van der Waals surface area contributed by atoms with Crippen LogP contribution in [0.2, 0.25) is 0 Å². The average molecular weight is 372 g/mol. The minimum Gasteiger partial charge on any atom is -0.462 e. The fraction of sp³-hybridized carbons (Fsp3) is 0.316. The first-order valence-corrected chi connectivity index (χ1v) is 8.44. The summed E-state index contributed by atoms with van der Waals surface area (Å²) in [5.74, 6) is -0.488. The molecule has 0 amide bonds. The van der Waals surface area contributed by atoms with Crippen molar-refractivity contribution >= 4 is 17.3 Å². The SMILES string of the molecule is C[C@H](COC(=O)c1cc([N+](=O)[O-])cc([N+](=O)[O-])c1)C[C@H](C)c1ccccc1. The molecule has 8 nitrogen and oxygen atoms in total. The summed E-state index contributed by atoms with van der Waals surface area (Å²) in [6, 6.07) is 12.7. The van der Waals surface area contributed by atoms with Gasteiger partial charge in [0.25, 0.3) is 11.4 Å². The highest BCUT2D eigenvalue weighted by Crippen LogP contribution is 2.25. The Bertz CT molecular complexity index is 805. The molecule has 0 bridgehead atoms. The highest BCUT2D eigenvalue weighted by molar-refractivity contribution is 5.91. The Morgan fingerprint density at radius 3 is 2.07 bits per heavy atom. The average Bonchev–Trinajstić information content (AvgIpc) is 2.66. The molecular formula is C19H20N2O6. The van der Waals surface area contributed by atoms with Crippen LogP contribution in [0, 0.1) is 26.1 Å². The van der Waals surface area contributed by atoms with Crippen molar-refractivity contribution < 1.29 is 19.4 Å². The van der Waals surface area contributed by atoms with Crippen LogP contribution in [0.4, 0.5) is 11.4 Å². The number of rotatable bonds is 8. The Kier molecular flexibility index (Phi) is 6.59. The van der Waals surface area contributed by atoms with Gasteiger partial charge >= 0.3 is 5.97 Å². The van der Waals surface area contributed by atoms with Crippen molar-refractivity contribution in [2.45, 2.75) is 26.2 Å². The van der Waals surface area contributed by atoms with Crippen LogP contribution in [-0.4, -0.2) is 22.4 Å². The van der Waals surface area contributed by atoms with Gasteiger partial charge in [0.1, 0.15) is 0 Å². The normalized spacial score (nSPS) is 12.8. The second-order valence-corrected chi connectivity index (χ2v) is 6.50. The van der Waals surface area contributed by atoms with Gasteiger partial charge in [-0.1, -0.05) is 44.2 Å². The van der Waals surface area contributed by atoms with Crippen molar-refractivity contribution in [3.05, 3.63) is 79.9 Å². The van der Waals surface area contributed by atoms with E-state index < -0.39 is 27.2 Å². The van der Waals surface area contributed by atoms with Gasteiger partial charge in [-0.2, -0.15) is 0 Å². The number of nitro groups is 2. The third-order valence-corrected chi connectivity index (χ3v) is 4.18. The Balaban J connectivity index is 2.00. The summed E-state index contributed by atoms with van der Waals surface area (Å²) in [6.07, 6.45) is 0.784. The van der Waals surface area contributed by atoms with Gasteiger partial charge < -0.3 is 4.74 Å². The number of esters is 1. The topological polar surface area (TPSA) is 113 Å². The molecule has 2 aromatic carbocycles. The minimum absolute atomic E-state index is 0.0536. The van der Waals surface area contributed by atoms with Crippen molar-refractivity contribution in [2.75, 3.05) is 6.61 Å². The molecule has 2 rings (SSSR count). The van der Waals surface area contributed by atoms with Crippen molar-refractivity contribution in [2.24, 2.45) is 5.92 Å². The zero-order valence-corrected chi connectivity index (χ0v) is 15.0. The first-order valence-electron chi connectivity index (χ1n) is 8.44. The lowest BCUT2D eigenvalue weighted by Gasteiger charge is -2.17. The lowest BCUT2D eigenvalue weighted by molar-refractivity contribution is -0.394. The molecule has 8 heteroatoms. The van der Waals surface area contributed by atoms with E-state index in [0.717, 1.165) is 24.6 Å². The van der Waals surface area contributed by atoms with E-state index in [1.54, 1.807) is 0 Å². The molecule has 0 aliphatic carbocycles. The summed E-state index contributed by atoms with van der Waals surface area (Å²) in [5.41, 5.74) is -0.0759. The largest absolute Gasteiger partial charge is 0.462 e. The predicted octanol–water partition coefficient (Wildman–Crippen LogP) is 4.49. The van der Waals surface area contributed by atoms with E-state index in [1.807, 2.05) is 37.3 Å². The van der Waals surface area contributed by atoms with Gasteiger partial charge in [-0.25, -0.2) is 4.79 Å². The first-order chi connectivity index (χ1) is 12.8. The van der Waals surface area contributed by atoms with Gasteiger partial charge in [-0.05, 0) is 23.8 Å². The zero-order valence-electron chi connectivity index (χ0n) is 15.0. The number of hydrogen-bond acceptors (Lipinski definition) is 6. The number of nitrogens with zero attached hydrogens (tertiary/aromatic N) is 2. The van der Waals surface area contributed by atoms with E-state index in [4.69, 9.17) is 4.74 Å². The highest BCUT2D eigenvalue weighted by atomic mass is 16.6. The van der Waals surface area contributed by atoms with E-state index in [2.05, 4.69) is 6.92 Å². The van der Waals surface area contributed by atoms with Crippen LogP contribution in [0.5, 0.6) is 0 Å². The molecule has 0 saturated heterocycles. The highest BCUT2D eigenvalue weighted by Gasteiger charge is 2.21. The van der Waals surface area contributed by atoms with Crippen molar-refractivity contribution in [3.63, 3.8) is 0 Å². The predicted molar refractivity (Wildman–Crippen MR) is 98.7 cm³/mol. The number of carbonyl (C=O) groups excluding carboxylic acids is 1. The molecule has 0 heterocycles. The van der Waals surface area contributed by atoms with Crippen molar-refractivity contribution in [1.29, 1.82) is 0 Å². The molecule has 27 heavy (non-hydrogen) atoms. The fourth-order valence-corrected chi connectivity index (χ4v) is 2.81. The molecule has 0 aliphatic rings. The lowest BCUT2D eigenvalue weighted by atomic mass is 9.91. The second-order valence-electron chi connectivity index (χ2n) is 6.50. The van der Waals surface area contributed by atoms with Crippen LogP contribution >= 0.6 is 0 Å². The number of hydrogen-bond donors (Lipinski definition) is 0. The smallest absolute Gasteiger partial charge is 0.338 e. The van der Waals surface area contributed by atoms with Gasteiger partial charge in [0.2, 0.25) is 0 Å². The van der Waals surface area contributed by atoms with Gasteiger partial charge in [-0.3, -0.25) is 20.2 Å². The Morgan fingerprint density at radius 2 is 1.56 bits per heavy atom. The van der Waals surface area contributed by atoms with E-state index in [1.165, 1.54) is 5.56 Å². The van der Waals surface area contributed by atoms with E-state index in [0.29, 0.717) is 0 Å². The van der Waals surface area contributed by atoms with Crippen LogP contribution in [0.25, 0.3) is 0 Å². The third kappa shape index (κ3) is 5.60. The van der Waals surface area contributed by atoms with E-state index >= 15 is 0 Å². The van der Waals surface area contributed by atoms with Gasteiger partial charge in [0.15, 0.2) is 0 Å². The maximum atomic E-state index is 12.2. The molecule has 2 atom stereocenters. The van der Waals surface area contributed by atoms with Crippen LogP contribution in [0.3, 0.4) is 0 Å². The molecular weight excluding hydrogens is 352 g/mol. The molecule has 0 aromatic heterocycles. The van der Waals surface area contributed by atoms with E-state index in [9.17, 15) is 25.0 Å². The summed E-state index contributed by atoms with van der Waals surface area (Å²) >= 11 is 0. The maximum Gasteiger partial charge on any atom is 0.338 e. The number of benzene rings is 2. The lowest BCUT2D eigenvalue weighted by Crippen LogP contribution is -2.14. The van der Waals surface area contributed by atoms with Gasteiger partial charge in [0.05, 0.1) is 28.1 Å². The van der Waals surface area contributed by atoms with Crippen LogP contribution in [0.1, 0.15) is 42.1 Å². The Hall–Kier alpha value is -3.29. The minimum atomic E-state index is -0.819. The van der Waals surface area contributed by atoms with Crippen LogP contribution in [0.15, 0.2) is 48.5 Å². The quantitative estimate of drug-likeness (QED) is 0.383. The molecule has 0 fully saturated rings. The zero-order chi connectivity index (χ0) is 20.0. The first kappa shape index (κ1) is 20.0. The molecule has 0 spiro atoms.